The van der Waals surface area contributed by atoms with Crippen LogP contribution in [0.1, 0.15) is 32.1 Å². The van der Waals surface area contributed by atoms with Crippen molar-refractivity contribution in [2.24, 2.45) is 5.41 Å². The minimum absolute atomic E-state index is 0.0740. The second-order valence-corrected chi connectivity index (χ2v) is 6.31. The van der Waals surface area contributed by atoms with E-state index in [-0.39, 0.29) is 17.8 Å². The Morgan fingerprint density at radius 1 is 1.26 bits per heavy atom. The first-order chi connectivity index (χ1) is 11.1. The normalized spacial score (nSPS) is 18.2. The van der Waals surface area contributed by atoms with Crippen molar-refractivity contribution in [1.82, 2.24) is 15.0 Å². The summed E-state index contributed by atoms with van der Waals surface area (Å²) in [5, 5.41) is 13.5. The van der Waals surface area contributed by atoms with Crippen molar-refractivity contribution in [3.8, 4) is 11.4 Å². The Morgan fingerprint density at radius 2 is 1.96 bits per heavy atom. The molecule has 1 aromatic heterocycles. The van der Waals surface area contributed by atoms with Gasteiger partial charge in [-0.1, -0.05) is 12.1 Å². The highest BCUT2D eigenvalue weighted by Crippen LogP contribution is 2.34. The van der Waals surface area contributed by atoms with Gasteiger partial charge in [-0.15, -0.1) is 0 Å². The van der Waals surface area contributed by atoms with Gasteiger partial charge in [-0.2, -0.15) is 4.98 Å². The molecule has 23 heavy (non-hydrogen) atoms. The first-order valence-corrected chi connectivity index (χ1v) is 8.06. The number of aromatic nitrogens is 2. The number of aliphatic hydroxyl groups is 1. The van der Waals surface area contributed by atoms with Crippen LogP contribution in [0.4, 0.5) is 4.39 Å². The van der Waals surface area contributed by atoms with Gasteiger partial charge in [0.05, 0.1) is 6.54 Å². The summed E-state index contributed by atoms with van der Waals surface area (Å²) in [5.41, 5.74) is 0.815. The number of likely N-dealkylation sites (tertiary alicyclic amines) is 1. The molecular weight excluding hydrogens is 297 g/mol. The number of nitrogens with zero attached hydrogens (tertiary/aromatic N) is 3. The van der Waals surface area contributed by atoms with E-state index >= 15 is 0 Å². The molecule has 5 nitrogen and oxygen atoms in total. The molecule has 1 saturated heterocycles. The van der Waals surface area contributed by atoms with Crippen LogP contribution in [0.15, 0.2) is 28.8 Å². The molecule has 0 aliphatic carbocycles. The van der Waals surface area contributed by atoms with Crippen LogP contribution >= 0.6 is 0 Å². The summed E-state index contributed by atoms with van der Waals surface area (Å²) in [7, 11) is 0. The lowest BCUT2D eigenvalue weighted by Gasteiger charge is -2.39. The van der Waals surface area contributed by atoms with Crippen LogP contribution in [0, 0.1) is 11.2 Å². The molecule has 3 rings (SSSR count). The van der Waals surface area contributed by atoms with Gasteiger partial charge in [0.15, 0.2) is 0 Å². The number of piperidine rings is 1. The second kappa shape index (κ2) is 6.76. The molecule has 2 heterocycles. The molecule has 1 fully saturated rings. The minimum atomic E-state index is -0.283. The highest BCUT2D eigenvalue weighted by Gasteiger charge is 2.32. The van der Waals surface area contributed by atoms with Gasteiger partial charge in [-0.05, 0) is 62.0 Å². The van der Waals surface area contributed by atoms with Gasteiger partial charge in [0.25, 0.3) is 0 Å². The lowest BCUT2D eigenvalue weighted by molar-refractivity contribution is 0.0348. The standard InChI is InChI=1S/C17H22FN3O2/c1-2-17(12-22)7-9-21(10-8-17)11-15-19-16(20-23-15)13-3-5-14(18)6-4-13/h3-6,22H,2,7-12H2,1H3. The fourth-order valence-corrected chi connectivity index (χ4v) is 3.04. The SMILES string of the molecule is CCC1(CO)CCN(Cc2nc(-c3ccc(F)cc3)no2)CC1. The van der Waals surface area contributed by atoms with E-state index in [4.69, 9.17) is 4.52 Å². The average Bonchev–Trinajstić information content (AvgIpc) is 3.05. The molecule has 2 aromatic rings. The molecule has 1 aliphatic rings. The predicted molar refractivity (Wildman–Crippen MR) is 84.0 cm³/mol. The highest BCUT2D eigenvalue weighted by atomic mass is 19.1. The van der Waals surface area contributed by atoms with Gasteiger partial charge in [0.1, 0.15) is 5.82 Å². The zero-order chi connectivity index (χ0) is 16.3. The number of hydrogen-bond donors (Lipinski definition) is 1. The first kappa shape index (κ1) is 16.1. The Bertz CT molecular complexity index is 628. The third kappa shape index (κ3) is 3.59. The molecule has 124 valence electrons. The molecule has 1 N–H and O–H groups in total. The number of aliphatic hydroxyl groups excluding tert-OH is 1. The van der Waals surface area contributed by atoms with E-state index in [2.05, 4.69) is 22.0 Å². The smallest absolute Gasteiger partial charge is 0.241 e. The number of rotatable bonds is 5. The van der Waals surface area contributed by atoms with Gasteiger partial charge in [-0.25, -0.2) is 4.39 Å². The van der Waals surface area contributed by atoms with Crippen molar-refractivity contribution in [2.75, 3.05) is 19.7 Å². The van der Waals surface area contributed by atoms with Crippen molar-refractivity contribution < 1.29 is 14.0 Å². The number of benzene rings is 1. The topological polar surface area (TPSA) is 62.4 Å². The van der Waals surface area contributed by atoms with E-state index in [1.165, 1.54) is 12.1 Å². The molecular formula is C17H22FN3O2. The quantitative estimate of drug-likeness (QED) is 0.918. The summed E-state index contributed by atoms with van der Waals surface area (Å²) >= 11 is 0. The maximum atomic E-state index is 12.9. The van der Waals surface area contributed by atoms with Gasteiger partial charge < -0.3 is 9.63 Å². The van der Waals surface area contributed by atoms with Crippen LogP contribution < -0.4 is 0 Å². The van der Waals surface area contributed by atoms with E-state index in [0.717, 1.165) is 37.9 Å². The van der Waals surface area contributed by atoms with Gasteiger partial charge in [-0.3, -0.25) is 4.90 Å². The zero-order valence-electron chi connectivity index (χ0n) is 13.3. The summed E-state index contributed by atoms with van der Waals surface area (Å²) in [6.45, 7) is 4.84. The van der Waals surface area contributed by atoms with Crippen LogP contribution in [-0.2, 0) is 6.54 Å². The third-order valence-electron chi connectivity index (χ3n) is 4.93. The van der Waals surface area contributed by atoms with Crippen LogP contribution in [0.25, 0.3) is 11.4 Å². The van der Waals surface area contributed by atoms with Crippen molar-refractivity contribution in [3.05, 3.63) is 36.0 Å². The van der Waals surface area contributed by atoms with E-state index in [0.29, 0.717) is 18.3 Å². The van der Waals surface area contributed by atoms with Crippen molar-refractivity contribution in [1.29, 1.82) is 0 Å². The number of hydrogen-bond acceptors (Lipinski definition) is 5. The lowest BCUT2D eigenvalue weighted by Crippen LogP contribution is -2.41. The fourth-order valence-electron chi connectivity index (χ4n) is 3.04. The van der Waals surface area contributed by atoms with Crippen LogP contribution in [0.2, 0.25) is 0 Å². The maximum absolute atomic E-state index is 12.9. The second-order valence-electron chi connectivity index (χ2n) is 6.31. The largest absolute Gasteiger partial charge is 0.396 e. The highest BCUT2D eigenvalue weighted by molar-refractivity contribution is 5.53. The molecule has 0 spiro atoms. The Kier molecular flexibility index (Phi) is 4.73. The van der Waals surface area contributed by atoms with Gasteiger partial charge >= 0.3 is 0 Å². The molecule has 0 radical (unpaired) electrons. The Balaban J connectivity index is 1.61. The first-order valence-electron chi connectivity index (χ1n) is 8.06. The van der Waals surface area contributed by atoms with Gasteiger partial charge in [0.2, 0.25) is 11.7 Å². The summed E-state index contributed by atoms with van der Waals surface area (Å²) < 4.78 is 18.3. The Labute approximate surface area is 135 Å². The zero-order valence-corrected chi connectivity index (χ0v) is 13.3. The molecule has 0 bridgehead atoms. The molecule has 0 atom stereocenters. The van der Waals surface area contributed by atoms with Crippen LogP contribution in [0.3, 0.4) is 0 Å². The molecule has 1 aliphatic heterocycles. The van der Waals surface area contributed by atoms with E-state index in [9.17, 15) is 9.50 Å². The van der Waals surface area contributed by atoms with E-state index < -0.39 is 0 Å². The Morgan fingerprint density at radius 3 is 2.57 bits per heavy atom. The molecule has 1 aromatic carbocycles. The monoisotopic (exact) mass is 319 g/mol. The summed E-state index contributed by atoms with van der Waals surface area (Å²) in [6, 6.07) is 6.05. The molecule has 0 unspecified atom stereocenters. The van der Waals surface area contributed by atoms with E-state index in [1.54, 1.807) is 12.1 Å². The maximum Gasteiger partial charge on any atom is 0.241 e. The van der Waals surface area contributed by atoms with Crippen molar-refractivity contribution in [3.63, 3.8) is 0 Å². The number of halogens is 1. The van der Waals surface area contributed by atoms with Crippen LogP contribution in [-0.4, -0.2) is 39.8 Å². The fraction of sp³-hybridized carbons (Fsp3) is 0.529. The van der Waals surface area contributed by atoms with Crippen molar-refractivity contribution >= 4 is 0 Å². The third-order valence-corrected chi connectivity index (χ3v) is 4.93. The summed E-state index contributed by atoms with van der Waals surface area (Å²) in [6.07, 6.45) is 2.98. The summed E-state index contributed by atoms with van der Waals surface area (Å²) in [4.78, 5) is 6.66. The van der Waals surface area contributed by atoms with Crippen LogP contribution in [0.5, 0.6) is 0 Å². The van der Waals surface area contributed by atoms with Gasteiger partial charge in [0, 0.05) is 12.2 Å². The molecule has 0 amide bonds. The lowest BCUT2D eigenvalue weighted by atomic mass is 9.77. The van der Waals surface area contributed by atoms with Crippen molar-refractivity contribution in [2.45, 2.75) is 32.7 Å². The molecule has 6 heteroatoms. The average molecular weight is 319 g/mol. The minimum Gasteiger partial charge on any atom is -0.396 e. The summed E-state index contributed by atoms with van der Waals surface area (Å²) in [5.74, 6) is 0.765. The Hall–Kier alpha value is -1.79. The van der Waals surface area contributed by atoms with E-state index in [1.807, 2.05) is 0 Å². The predicted octanol–water partition coefficient (Wildman–Crippen LogP) is 2.86. The molecule has 0 saturated carbocycles.